The van der Waals surface area contributed by atoms with Gasteiger partial charge in [0.25, 0.3) is 0 Å². The maximum Gasteiger partial charge on any atom is 0.236 e. The molecule has 12 heavy (non-hydrogen) atoms. The summed E-state index contributed by atoms with van der Waals surface area (Å²) >= 11 is 1.87. The van der Waals surface area contributed by atoms with Crippen LogP contribution in [-0.4, -0.2) is 22.6 Å². The molecule has 0 bridgehead atoms. The van der Waals surface area contributed by atoms with Gasteiger partial charge >= 0.3 is 0 Å². The van der Waals surface area contributed by atoms with Gasteiger partial charge in [0.2, 0.25) is 5.88 Å². The Hall–Kier alpha value is -0.640. The number of methoxy groups -OCH3 is 1. The molecule has 0 spiro atoms. The predicted octanol–water partition coefficient (Wildman–Crippen LogP) is 1.68. The monoisotopic (exact) mass is 186 g/mol. The van der Waals surface area contributed by atoms with E-state index in [2.05, 4.69) is 12.0 Å². The van der Waals surface area contributed by atoms with Gasteiger partial charge in [-0.3, -0.25) is 4.68 Å². The van der Waals surface area contributed by atoms with Crippen LogP contribution in [0.4, 0.5) is 0 Å². The highest BCUT2D eigenvalue weighted by Gasteiger charge is 2.06. The van der Waals surface area contributed by atoms with Crippen molar-refractivity contribution in [2.75, 3.05) is 12.9 Å². The van der Waals surface area contributed by atoms with E-state index in [-0.39, 0.29) is 0 Å². The number of aromatic nitrogens is 2. The lowest BCUT2D eigenvalue weighted by Crippen LogP contribution is -1.89. The van der Waals surface area contributed by atoms with Gasteiger partial charge < -0.3 is 4.74 Å². The summed E-state index contributed by atoms with van der Waals surface area (Å²) in [7, 11) is 3.56. The Morgan fingerprint density at radius 3 is 3.00 bits per heavy atom. The van der Waals surface area contributed by atoms with Gasteiger partial charge in [-0.05, 0) is 5.75 Å². The largest absolute Gasteiger partial charge is 0.480 e. The Kier molecular flexibility index (Phi) is 3.47. The molecule has 0 N–H and O–H groups in total. The highest BCUT2D eigenvalue weighted by Crippen LogP contribution is 2.20. The minimum Gasteiger partial charge on any atom is -0.480 e. The molecule has 4 heteroatoms. The summed E-state index contributed by atoms with van der Waals surface area (Å²) in [5.41, 5.74) is 1.17. The number of rotatable bonds is 4. The minimum atomic E-state index is 0.749. The summed E-state index contributed by atoms with van der Waals surface area (Å²) in [4.78, 5) is 0. The quantitative estimate of drug-likeness (QED) is 0.716. The van der Waals surface area contributed by atoms with Crippen molar-refractivity contribution in [1.82, 2.24) is 9.78 Å². The summed E-state index contributed by atoms with van der Waals surface area (Å²) in [6.45, 7) is 2.15. The van der Waals surface area contributed by atoms with Crippen molar-refractivity contribution >= 4 is 11.8 Å². The van der Waals surface area contributed by atoms with E-state index < -0.39 is 0 Å². The van der Waals surface area contributed by atoms with Gasteiger partial charge in [0.05, 0.1) is 7.11 Å². The summed E-state index contributed by atoms with van der Waals surface area (Å²) in [5.74, 6) is 2.85. The highest BCUT2D eigenvalue weighted by molar-refractivity contribution is 7.98. The topological polar surface area (TPSA) is 27.1 Å². The Balaban J connectivity index is 2.68. The van der Waals surface area contributed by atoms with Gasteiger partial charge in [0, 0.05) is 24.6 Å². The molecule has 0 aliphatic rings. The second-order valence-corrected chi connectivity index (χ2v) is 3.75. The molecule has 0 radical (unpaired) electrons. The molecule has 3 nitrogen and oxygen atoms in total. The van der Waals surface area contributed by atoms with Crippen molar-refractivity contribution in [2.24, 2.45) is 7.05 Å². The van der Waals surface area contributed by atoms with Crippen LogP contribution < -0.4 is 4.74 Å². The lowest BCUT2D eigenvalue weighted by molar-refractivity contribution is 0.389. The van der Waals surface area contributed by atoms with E-state index in [0.29, 0.717) is 0 Å². The lowest BCUT2D eigenvalue weighted by atomic mass is 10.4. The number of nitrogens with zero attached hydrogens (tertiary/aromatic N) is 2. The Morgan fingerprint density at radius 2 is 2.42 bits per heavy atom. The molecule has 0 aromatic carbocycles. The molecule has 0 saturated carbocycles. The first-order chi connectivity index (χ1) is 5.77. The van der Waals surface area contributed by atoms with Crippen LogP contribution in [0.3, 0.4) is 0 Å². The van der Waals surface area contributed by atoms with E-state index in [9.17, 15) is 0 Å². The fraction of sp³-hybridized carbons (Fsp3) is 0.625. The van der Waals surface area contributed by atoms with E-state index in [4.69, 9.17) is 4.74 Å². The van der Waals surface area contributed by atoms with Crippen molar-refractivity contribution < 1.29 is 4.74 Å². The summed E-state index contributed by atoms with van der Waals surface area (Å²) in [5, 5.41) is 4.16. The van der Waals surface area contributed by atoms with E-state index >= 15 is 0 Å². The molecule has 0 unspecified atom stereocenters. The first-order valence-electron chi connectivity index (χ1n) is 3.92. The molecule has 0 saturated heterocycles. The fourth-order valence-electron chi connectivity index (χ4n) is 1.00. The van der Waals surface area contributed by atoms with Gasteiger partial charge in [-0.1, -0.05) is 6.92 Å². The number of hydrogen-bond donors (Lipinski definition) is 0. The molecule has 0 aliphatic heterocycles. The van der Waals surface area contributed by atoms with Crippen LogP contribution >= 0.6 is 11.8 Å². The highest BCUT2D eigenvalue weighted by atomic mass is 32.2. The van der Waals surface area contributed by atoms with Crippen LogP contribution in [0, 0.1) is 0 Å². The maximum absolute atomic E-state index is 5.12. The van der Waals surface area contributed by atoms with Crippen LogP contribution in [0.25, 0.3) is 0 Å². The van der Waals surface area contributed by atoms with Crippen LogP contribution in [0.1, 0.15) is 12.5 Å². The van der Waals surface area contributed by atoms with Crippen LogP contribution in [-0.2, 0) is 12.8 Å². The molecule has 0 amide bonds. The van der Waals surface area contributed by atoms with Gasteiger partial charge in [-0.15, -0.1) is 5.10 Å². The second-order valence-electron chi connectivity index (χ2n) is 2.47. The first kappa shape index (κ1) is 9.45. The molecule has 1 rings (SSSR count). The van der Waals surface area contributed by atoms with E-state index in [1.165, 1.54) is 5.56 Å². The average molecular weight is 186 g/mol. The third kappa shape index (κ3) is 2.17. The van der Waals surface area contributed by atoms with E-state index in [0.717, 1.165) is 17.4 Å². The summed E-state index contributed by atoms with van der Waals surface area (Å²) in [6.07, 6.45) is 2.00. The Bertz CT molecular complexity index is 247. The first-order valence-corrected chi connectivity index (χ1v) is 5.07. The van der Waals surface area contributed by atoms with Gasteiger partial charge in [0.1, 0.15) is 0 Å². The minimum absolute atomic E-state index is 0.749. The van der Waals surface area contributed by atoms with Gasteiger partial charge in [-0.25, -0.2) is 0 Å². The fourth-order valence-corrected chi connectivity index (χ4v) is 1.62. The average Bonchev–Trinajstić information content (AvgIpc) is 2.42. The molecule has 0 fully saturated rings. The number of thioether (sulfide) groups is 1. The Labute approximate surface area is 77.1 Å². The Morgan fingerprint density at radius 1 is 1.67 bits per heavy atom. The van der Waals surface area contributed by atoms with Crippen molar-refractivity contribution in [3.05, 3.63) is 11.8 Å². The third-order valence-electron chi connectivity index (χ3n) is 1.52. The molecular formula is C8H14N2OS. The normalized spacial score (nSPS) is 10.2. The van der Waals surface area contributed by atoms with Crippen LogP contribution in [0.15, 0.2) is 6.20 Å². The van der Waals surface area contributed by atoms with Crippen LogP contribution in [0.2, 0.25) is 0 Å². The second kappa shape index (κ2) is 4.40. The molecular weight excluding hydrogens is 172 g/mol. The van der Waals surface area contributed by atoms with Crippen molar-refractivity contribution in [3.63, 3.8) is 0 Å². The van der Waals surface area contributed by atoms with Crippen LogP contribution in [0.5, 0.6) is 5.88 Å². The lowest BCUT2D eigenvalue weighted by Gasteiger charge is -1.97. The number of ether oxygens (including phenoxy) is 1. The van der Waals surface area contributed by atoms with Gasteiger partial charge in [0.15, 0.2) is 0 Å². The zero-order chi connectivity index (χ0) is 8.97. The molecule has 1 heterocycles. The SMILES string of the molecule is CCSCc1cn(C)nc1OC. The smallest absolute Gasteiger partial charge is 0.236 e. The zero-order valence-corrected chi connectivity index (χ0v) is 8.52. The van der Waals surface area contributed by atoms with Crippen molar-refractivity contribution in [3.8, 4) is 5.88 Å². The maximum atomic E-state index is 5.12. The number of hydrogen-bond acceptors (Lipinski definition) is 3. The molecule has 1 aromatic heterocycles. The molecule has 0 aliphatic carbocycles. The summed E-state index contributed by atoms with van der Waals surface area (Å²) < 4.78 is 6.90. The molecule has 68 valence electrons. The summed E-state index contributed by atoms with van der Waals surface area (Å²) in [6, 6.07) is 0. The number of aryl methyl sites for hydroxylation is 1. The molecule has 1 aromatic rings. The molecule has 0 atom stereocenters. The van der Waals surface area contributed by atoms with Gasteiger partial charge in [-0.2, -0.15) is 11.8 Å². The predicted molar refractivity (Wildman–Crippen MR) is 51.6 cm³/mol. The third-order valence-corrected chi connectivity index (χ3v) is 2.44. The van der Waals surface area contributed by atoms with E-state index in [1.807, 2.05) is 25.0 Å². The zero-order valence-electron chi connectivity index (χ0n) is 7.70. The van der Waals surface area contributed by atoms with E-state index in [1.54, 1.807) is 11.8 Å². The van der Waals surface area contributed by atoms with Crippen molar-refractivity contribution in [2.45, 2.75) is 12.7 Å². The van der Waals surface area contributed by atoms with Crippen molar-refractivity contribution in [1.29, 1.82) is 0 Å². The standard InChI is InChI=1S/C8H14N2OS/c1-4-12-6-7-5-10(2)9-8(7)11-3/h5H,4,6H2,1-3H3.